The van der Waals surface area contributed by atoms with Crippen molar-refractivity contribution in [2.24, 2.45) is 0 Å². The van der Waals surface area contributed by atoms with Crippen LogP contribution in [0.4, 0.5) is 11.4 Å². The predicted molar refractivity (Wildman–Crippen MR) is 169 cm³/mol. The Labute approximate surface area is 255 Å². The van der Waals surface area contributed by atoms with Crippen molar-refractivity contribution in [2.75, 3.05) is 50.0 Å². The Balaban J connectivity index is 1.11. The number of amides is 2. The zero-order valence-electron chi connectivity index (χ0n) is 24.2. The number of likely N-dealkylation sites (N-methyl/N-ethyl adjacent to an activating group) is 1. The van der Waals surface area contributed by atoms with E-state index in [2.05, 4.69) is 27.4 Å². The van der Waals surface area contributed by atoms with Crippen LogP contribution in [0.2, 0.25) is 5.02 Å². The van der Waals surface area contributed by atoms with Crippen LogP contribution in [0.1, 0.15) is 40.3 Å². The monoisotopic (exact) mass is 599 g/mol. The summed E-state index contributed by atoms with van der Waals surface area (Å²) in [4.78, 5) is 35.9. The summed E-state index contributed by atoms with van der Waals surface area (Å²) in [6.45, 7) is 10.7. The van der Waals surface area contributed by atoms with Crippen LogP contribution in [-0.2, 0) is 6.54 Å². The quantitative estimate of drug-likeness (QED) is 0.282. The first-order valence-corrected chi connectivity index (χ1v) is 14.9. The minimum Gasteiger partial charge on any atom is -0.486 e. The van der Waals surface area contributed by atoms with Crippen LogP contribution < -0.4 is 20.1 Å². The molecule has 1 unspecified atom stereocenters. The van der Waals surface area contributed by atoms with E-state index in [-0.39, 0.29) is 17.9 Å². The lowest BCUT2D eigenvalue weighted by molar-refractivity contribution is 0.0998. The van der Waals surface area contributed by atoms with Crippen LogP contribution in [0.5, 0.6) is 11.5 Å². The number of hydrogen-bond acceptors (Lipinski definition) is 7. The largest absolute Gasteiger partial charge is 0.486 e. The summed E-state index contributed by atoms with van der Waals surface area (Å²) < 4.78 is 11.4. The van der Waals surface area contributed by atoms with E-state index in [9.17, 15) is 9.59 Å². The van der Waals surface area contributed by atoms with Gasteiger partial charge >= 0.3 is 0 Å². The number of hydrogen-bond donors (Lipinski definition) is 2. The topological polar surface area (TPSA) is 96.0 Å². The van der Waals surface area contributed by atoms with E-state index in [1.807, 2.05) is 31.2 Å². The lowest BCUT2D eigenvalue weighted by atomic mass is 10.1. The van der Waals surface area contributed by atoms with Crippen LogP contribution in [0.3, 0.4) is 0 Å². The molecule has 3 aromatic carbocycles. The SMILES string of the molecule is CCN1CCN(Cc2ccc3cc(C(=O)Nc4cc(NC(=O)c5ccc6c(c5)OC(C)CO6)ccc4Cl)ccc3n2)CC1. The third-order valence-corrected chi connectivity index (χ3v) is 8.12. The number of anilines is 2. The van der Waals surface area contributed by atoms with E-state index < -0.39 is 0 Å². The highest BCUT2D eigenvalue weighted by molar-refractivity contribution is 6.34. The normalized spacial score (nSPS) is 17.0. The minimum absolute atomic E-state index is 0.0958. The van der Waals surface area contributed by atoms with Gasteiger partial charge in [0.15, 0.2) is 11.5 Å². The smallest absolute Gasteiger partial charge is 0.255 e. The highest BCUT2D eigenvalue weighted by Crippen LogP contribution is 2.33. The maximum atomic E-state index is 13.2. The van der Waals surface area contributed by atoms with Crippen LogP contribution in [0.15, 0.2) is 66.7 Å². The molecule has 10 heteroatoms. The maximum absolute atomic E-state index is 13.2. The Hall–Kier alpha value is -4.18. The average molecular weight is 600 g/mol. The van der Waals surface area contributed by atoms with E-state index in [1.54, 1.807) is 42.5 Å². The average Bonchev–Trinajstić information content (AvgIpc) is 3.02. The van der Waals surface area contributed by atoms with E-state index >= 15 is 0 Å². The molecule has 0 aliphatic carbocycles. The number of nitrogens with zero attached hydrogens (tertiary/aromatic N) is 3. The molecule has 2 aliphatic heterocycles. The fourth-order valence-corrected chi connectivity index (χ4v) is 5.47. The van der Waals surface area contributed by atoms with Gasteiger partial charge in [0.2, 0.25) is 0 Å². The minimum atomic E-state index is -0.325. The number of benzene rings is 3. The predicted octanol–water partition coefficient (Wildman–Crippen LogP) is 5.69. The number of carbonyl (C=O) groups is 2. The molecule has 43 heavy (non-hydrogen) atoms. The molecule has 0 saturated carbocycles. The Kier molecular flexibility index (Phi) is 8.47. The summed E-state index contributed by atoms with van der Waals surface area (Å²) in [5.41, 5.74) is 3.64. The van der Waals surface area contributed by atoms with Crippen molar-refractivity contribution in [1.29, 1.82) is 0 Å². The summed E-state index contributed by atoms with van der Waals surface area (Å²) in [7, 11) is 0. The van der Waals surface area contributed by atoms with Gasteiger partial charge in [-0.2, -0.15) is 0 Å². The molecular weight excluding hydrogens is 566 g/mol. The van der Waals surface area contributed by atoms with Crippen molar-refractivity contribution >= 4 is 45.7 Å². The molecule has 1 atom stereocenters. The Morgan fingerprint density at radius 1 is 0.884 bits per heavy atom. The van der Waals surface area contributed by atoms with Gasteiger partial charge in [-0.15, -0.1) is 0 Å². The third-order valence-electron chi connectivity index (χ3n) is 7.79. The number of fused-ring (bicyclic) bond motifs is 2. The van der Waals surface area contributed by atoms with Crippen molar-refractivity contribution in [1.82, 2.24) is 14.8 Å². The molecule has 4 aromatic rings. The summed E-state index contributed by atoms with van der Waals surface area (Å²) >= 11 is 6.41. The molecule has 2 N–H and O–H groups in total. The lowest BCUT2D eigenvalue weighted by Gasteiger charge is -2.33. The van der Waals surface area contributed by atoms with Crippen molar-refractivity contribution in [3.8, 4) is 11.5 Å². The highest BCUT2D eigenvalue weighted by atomic mass is 35.5. The first-order valence-electron chi connectivity index (χ1n) is 14.5. The van der Waals surface area contributed by atoms with Crippen LogP contribution in [-0.4, -0.2) is 72.0 Å². The number of piperazine rings is 1. The van der Waals surface area contributed by atoms with Gasteiger partial charge in [0.05, 0.1) is 21.9 Å². The Morgan fingerprint density at radius 2 is 1.63 bits per heavy atom. The zero-order valence-corrected chi connectivity index (χ0v) is 25.0. The van der Waals surface area contributed by atoms with Crippen molar-refractivity contribution in [2.45, 2.75) is 26.5 Å². The van der Waals surface area contributed by atoms with Crippen LogP contribution >= 0.6 is 11.6 Å². The number of rotatable bonds is 7. The Bertz CT molecular complexity index is 1670. The van der Waals surface area contributed by atoms with Gasteiger partial charge in [-0.05, 0) is 74.1 Å². The molecule has 3 heterocycles. The van der Waals surface area contributed by atoms with Crippen molar-refractivity contribution in [3.05, 3.63) is 88.6 Å². The fourth-order valence-electron chi connectivity index (χ4n) is 5.30. The molecule has 6 rings (SSSR count). The number of ether oxygens (including phenoxy) is 2. The van der Waals surface area contributed by atoms with Crippen LogP contribution in [0, 0.1) is 0 Å². The molecule has 0 bridgehead atoms. The van der Waals surface area contributed by atoms with Gasteiger partial charge in [-0.3, -0.25) is 19.5 Å². The number of pyridine rings is 1. The van der Waals surface area contributed by atoms with Gasteiger partial charge in [0, 0.05) is 54.9 Å². The molecule has 1 aromatic heterocycles. The molecule has 1 saturated heterocycles. The van der Waals surface area contributed by atoms with E-state index in [4.69, 9.17) is 26.1 Å². The lowest BCUT2D eigenvalue weighted by Crippen LogP contribution is -2.45. The first kappa shape index (κ1) is 28.9. The summed E-state index contributed by atoms with van der Waals surface area (Å²) in [6.07, 6.45) is -0.0958. The molecular formula is C33H34ClN5O4. The molecule has 9 nitrogen and oxygen atoms in total. The van der Waals surface area contributed by atoms with Gasteiger partial charge in [-0.25, -0.2) is 0 Å². The number of aromatic nitrogens is 1. The third kappa shape index (κ3) is 6.74. The number of carbonyl (C=O) groups excluding carboxylic acids is 2. The number of halogens is 1. The fraction of sp³-hybridized carbons (Fsp3) is 0.303. The Morgan fingerprint density at radius 3 is 2.44 bits per heavy atom. The van der Waals surface area contributed by atoms with Crippen LogP contribution in [0.25, 0.3) is 10.9 Å². The first-order chi connectivity index (χ1) is 20.8. The molecule has 0 radical (unpaired) electrons. The molecule has 2 amide bonds. The van der Waals surface area contributed by atoms with E-state index in [0.29, 0.717) is 45.6 Å². The second-order valence-corrected chi connectivity index (χ2v) is 11.3. The standard InChI is InChI=1S/C33H34ClN5O4/c1-3-38-12-14-39(15-13-38)19-26-7-4-22-16-23(5-10-28(22)35-26)33(41)37-29-18-25(8-9-27(29)34)36-32(40)24-6-11-30-31(17-24)43-21(2)20-42-30/h4-11,16-18,21H,3,12-15,19-20H2,1-2H3,(H,36,40)(H,37,41). The summed E-state index contributed by atoms with van der Waals surface area (Å²) in [6, 6.07) is 19.5. The second kappa shape index (κ2) is 12.6. The van der Waals surface area contributed by atoms with Gasteiger partial charge < -0.3 is 25.0 Å². The summed E-state index contributed by atoms with van der Waals surface area (Å²) in [5, 5.41) is 6.97. The zero-order chi connectivity index (χ0) is 29.9. The van der Waals surface area contributed by atoms with Gasteiger partial charge in [0.25, 0.3) is 11.8 Å². The summed E-state index contributed by atoms with van der Waals surface area (Å²) in [5.74, 6) is 0.500. The highest BCUT2D eigenvalue weighted by Gasteiger charge is 2.20. The molecule has 222 valence electrons. The van der Waals surface area contributed by atoms with Crippen molar-refractivity contribution < 1.29 is 19.1 Å². The van der Waals surface area contributed by atoms with E-state index in [0.717, 1.165) is 55.9 Å². The molecule has 1 fully saturated rings. The van der Waals surface area contributed by atoms with Crippen molar-refractivity contribution in [3.63, 3.8) is 0 Å². The van der Waals surface area contributed by atoms with Gasteiger partial charge in [0.1, 0.15) is 12.7 Å². The number of nitrogens with one attached hydrogen (secondary N) is 2. The second-order valence-electron chi connectivity index (χ2n) is 10.9. The van der Waals surface area contributed by atoms with Gasteiger partial charge in [-0.1, -0.05) is 24.6 Å². The van der Waals surface area contributed by atoms with E-state index in [1.165, 1.54) is 0 Å². The maximum Gasteiger partial charge on any atom is 0.255 e. The molecule has 2 aliphatic rings. The molecule has 0 spiro atoms.